The molecule has 15 heavy (non-hydrogen) atoms. The molecule has 1 N–H and O–H groups in total. The van der Waals surface area contributed by atoms with Gasteiger partial charge >= 0.3 is 0 Å². The summed E-state index contributed by atoms with van der Waals surface area (Å²) < 4.78 is 1.04. The molecule has 0 fully saturated rings. The summed E-state index contributed by atoms with van der Waals surface area (Å²) in [6, 6.07) is 3.89. The van der Waals surface area contributed by atoms with Crippen LogP contribution in [0, 0.1) is 0 Å². The lowest BCUT2D eigenvalue weighted by atomic mass is 10.5. The second-order valence-electron chi connectivity index (χ2n) is 2.74. The molecule has 2 aromatic heterocycles. The molecule has 0 radical (unpaired) electrons. The minimum absolute atomic E-state index is 0.734. The number of tetrazole rings is 1. The van der Waals surface area contributed by atoms with Gasteiger partial charge in [-0.25, -0.2) is 4.98 Å². The molecule has 0 saturated carbocycles. The van der Waals surface area contributed by atoms with Crippen LogP contribution in [0.4, 0.5) is 0 Å². The maximum Gasteiger partial charge on any atom is 0.175 e. The average Bonchev–Trinajstić information content (AvgIpc) is 2.71. The van der Waals surface area contributed by atoms with Crippen molar-refractivity contribution in [3.63, 3.8) is 0 Å². The van der Waals surface area contributed by atoms with Crippen LogP contribution in [0.2, 0.25) is 0 Å². The van der Waals surface area contributed by atoms with Crippen LogP contribution < -0.4 is 0 Å². The highest BCUT2D eigenvalue weighted by atomic mass is 79.9. The van der Waals surface area contributed by atoms with Crippen LogP contribution in [-0.2, 0) is 6.42 Å². The minimum Gasteiger partial charge on any atom is -0.250 e. The Kier molecular flexibility index (Phi) is 3.68. The fraction of sp³-hybridized carbons (Fsp3) is 0.250. The molecule has 0 amide bonds. The number of halogens is 1. The highest BCUT2D eigenvalue weighted by molar-refractivity contribution is 9.10. The molecule has 0 saturated heterocycles. The predicted molar refractivity (Wildman–Crippen MR) is 60.5 cm³/mol. The molecule has 2 heterocycles. The van der Waals surface area contributed by atoms with Gasteiger partial charge in [0.25, 0.3) is 0 Å². The third kappa shape index (κ3) is 3.28. The van der Waals surface area contributed by atoms with E-state index in [1.807, 2.05) is 12.1 Å². The second-order valence-corrected chi connectivity index (χ2v) is 4.77. The van der Waals surface area contributed by atoms with E-state index in [9.17, 15) is 0 Å². The Morgan fingerprint density at radius 2 is 2.40 bits per heavy atom. The third-order valence-electron chi connectivity index (χ3n) is 1.66. The van der Waals surface area contributed by atoms with E-state index in [4.69, 9.17) is 0 Å². The van der Waals surface area contributed by atoms with Gasteiger partial charge in [0, 0.05) is 22.8 Å². The van der Waals surface area contributed by atoms with Gasteiger partial charge in [0.2, 0.25) is 0 Å². The number of hydrogen-bond acceptors (Lipinski definition) is 5. The van der Waals surface area contributed by atoms with Gasteiger partial charge in [-0.15, -0.1) is 22.0 Å². The third-order valence-corrected chi connectivity index (χ3v) is 3.08. The summed E-state index contributed by atoms with van der Waals surface area (Å²) >= 11 is 5.07. The zero-order valence-corrected chi connectivity index (χ0v) is 10.1. The molecule has 0 bridgehead atoms. The van der Waals surface area contributed by atoms with Crippen LogP contribution >= 0.6 is 27.7 Å². The van der Waals surface area contributed by atoms with E-state index in [0.717, 1.165) is 27.5 Å². The first-order valence-electron chi connectivity index (χ1n) is 4.31. The predicted octanol–water partition coefficient (Wildman–Crippen LogP) is 1.69. The lowest BCUT2D eigenvalue weighted by Gasteiger charge is -1.98. The number of aromatic amines is 1. The van der Waals surface area contributed by atoms with Crippen molar-refractivity contribution in [2.45, 2.75) is 11.4 Å². The zero-order valence-electron chi connectivity index (χ0n) is 7.72. The smallest absolute Gasteiger partial charge is 0.175 e. The summed E-state index contributed by atoms with van der Waals surface area (Å²) in [5, 5.41) is 14.7. The Morgan fingerprint density at radius 1 is 1.47 bits per heavy atom. The number of aromatic nitrogens is 5. The molecular formula is C8H8BrN5S. The van der Waals surface area contributed by atoms with Crippen LogP contribution in [0.3, 0.4) is 0 Å². The molecule has 0 unspecified atom stereocenters. The minimum atomic E-state index is 0.734. The first kappa shape index (κ1) is 10.6. The molecule has 5 nitrogen and oxygen atoms in total. The molecule has 0 spiro atoms. The summed E-state index contributed by atoms with van der Waals surface area (Å²) in [5.74, 6) is 1.63. The Balaban J connectivity index is 1.83. The maximum atomic E-state index is 4.23. The molecule has 0 aliphatic carbocycles. The summed E-state index contributed by atoms with van der Waals surface area (Å²) in [6.07, 6.45) is 2.57. The highest BCUT2D eigenvalue weighted by Gasteiger charge is 2.00. The lowest BCUT2D eigenvalue weighted by Crippen LogP contribution is -1.92. The van der Waals surface area contributed by atoms with Crippen molar-refractivity contribution in [2.24, 2.45) is 0 Å². The van der Waals surface area contributed by atoms with Gasteiger partial charge in [-0.1, -0.05) is 21.1 Å². The molecule has 0 aliphatic rings. The van der Waals surface area contributed by atoms with Gasteiger partial charge in [-0.05, 0) is 12.1 Å². The monoisotopic (exact) mass is 285 g/mol. The van der Waals surface area contributed by atoms with Crippen LogP contribution in [0.15, 0.2) is 27.8 Å². The number of H-pyrrole nitrogens is 1. The van der Waals surface area contributed by atoms with Crippen molar-refractivity contribution < 1.29 is 0 Å². The number of thioether (sulfide) groups is 1. The summed E-state index contributed by atoms with van der Waals surface area (Å²) in [7, 11) is 0. The molecular weight excluding hydrogens is 278 g/mol. The normalized spacial score (nSPS) is 10.5. The summed E-state index contributed by atoms with van der Waals surface area (Å²) in [5.41, 5.74) is 0. The van der Waals surface area contributed by atoms with E-state index >= 15 is 0 Å². The SMILES string of the molecule is Brc1ccnc(SCCc2nn[nH]n2)c1. The van der Waals surface area contributed by atoms with Crippen molar-refractivity contribution >= 4 is 27.7 Å². The van der Waals surface area contributed by atoms with Crippen molar-refractivity contribution in [1.29, 1.82) is 0 Å². The first-order chi connectivity index (χ1) is 7.34. The van der Waals surface area contributed by atoms with Crippen LogP contribution in [-0.4, -0.2) is 31.4 Å². The molecule has 0 aliphatic heterocycles. The van der Waals surface area contributed by atoms with Crippen molar-refractivity contribution in [1.82, 2.24) is 25.6 Å². The maximum absolute atomic E-state index is 4.23. The molecule has 0 atom stereocenters. The summed E-state index contributed by atoms with van der Waals surface area (Å²) in [6.45, 7) is 0. The van der Waals surface area contributed by atoms with Gasteiger partial charge in [0.05, 0.1) is 5.03 Å². The van der Waals surface area contributed by atoms with Gasteiger partial charge in [-0.2, -0.15) is 5.21 Å². The van der Waals surface area contributed by atoms with E-state index in [2.05, 4.69) is 41.5 Å². The van der Waals surface area contributed by atoms with Gasteiger partial charge < -0.3 is 0 Å². The number of hydrogen-bond donors (Lipinski definition) is 1. The zero-order chi connectivity index (χ0) is 10.5. The summed E-state index contributed by atoms with van der Waals surface area (Å²) in [4.78, 5) is 4.23. The molecule has 2 rings (SSSR count). The van der Waals surface area contributed by atoms with E-state index in [-0.39, 0.29) is 0 Å². The number of nitrogens with zero attached hydrogens (tertiary/aromatic N) is 4. The Hall–Kier alpha value is -0.950. The van der Waals surface area contributed by atoms with E-state index in [1.165, 1.54) is 0 Å². The van der Waals surface area contributed by atoms with Gasteiger partial charge in [0.15, 0.2) is 5.82 Å². The van der Waals surface area contributed by atoms with Crippen LogP contribution in [0.5, 0.6) is 0 Å². The second kappa shape index (κ2) is 5.22. The Bertz CT molecular complexity index is 419. The molecule has 0 aromatic carbocycles. The fourth-order valence-electron chi connectivity index (χ4n) is 1.000. The van der Waals surface area contributed by atoms with Crippen molar-refractivity contribution in [3.8, 4) is 0 Å². The van der Waals surface area contributed by atoms with Crippen molar-refractivity contribution in [2.75, 3.05) is 5.75 Å². The number of aryl methyl sites for hydroxylation is 1. The molecule has 2 aromatic rings. The van der Waals surface area contributed by atoms with Gasteiger partial charge in [0.1, 0.15) is 0 Å². The van der Waals surface area contributed by atoms with E-state index in [0.29, 0.717) is 0 Å². The van der Waals surface area contributed by atoms with Crippen molar-refractivity contribution in [3.05, 3.63) is 28.6 Å². The quantitative estimate of drug-likeness (QED) is 0.866. The largest absolute Gasteiger partial charge is 0.250 e. The highest BCUT2D eigenvalue weighted by Crippen LogP contribution is 2.19. The van der Waals surface area contributed by atoms with E-state index in [1.54, 1.807) is 18.0 Å². The Morgan fingerprint density at radius 3 is 3.13 bits per heavy atom. The van der Waals surface area contributed by atoms with Crippen LogP contribution in [0.1, 0.15) is 5.82 Å². The first-order valence-corrected chi connectivity index (χ1v) is 6.09. The number of nitrogens with one attached hydrogen (secondary N) is 1. The molecule has 78 valence electrons. The fourth-order valence-corrected chi connectivity index (χ4v) is 2.33. The molecule has 7 heteroatoms. The van der Waals surface area contributed by atoms with Gasteiger partial charge in [-0.3, -0.25) is 0 Å². The van der Waals surface area contributed by atoms with Crippen LogP contribution in [0.25, 0.3) is 0 Å². The van der Waals surface area contributed by atoms with E-state index < -0.39 is 0 Å². The standard InChI is InChI=1S/C8H8BrN5S/c9-6-1-3-10-8(5-6)15-4-2-7-11-13-14-12-7/h1,3,5H,2,4H2,(H,11,12,13,14). The average molecular weight is 286 g/mol. The number of pyridine rings is 1. The topological polar surface area (TPSA) is 67.3 Å². The number of rotatable bonds is 4. The Labute approximate surface area is 99.2 Å². The lowest BCUT2D eigenvalue weighted by molar-refractivity contribution is 0.881.